The predicted molar refractivity (Wildman–Crippen MR) is 81.1 cm³/mol. The fourth-order valence-corrected chi connectivity index (χ4v) is 3.19. The molecule has 0 radical (unpaired) electrons. The van der Waals surface area contributed by atoms with Crippen molar-refractivity contribution in [2.24, 2.45) is 5.92 Å². The van der Waals surface area contributed by atoms with E-state index < -0.39 is 0 Å². The molecule has 0 atom stereocenters. The normalized spacial score (nSPS) is 15.3. The van der Waals surface area contributed by atoms with Crippen LogP contribution in [0.15, 0.2) is 11.6 Å². The molecule has 1 saturated carbocycles. The first kappa shape index (κ1) is 12.9. The summed E-state index contributed by atoms with van der Waals surface area (Å²) >= 11 is 1.72. The smallest absolute Gasteiger partial charge is 0.195 e. The van der Waals surface area contributed by atoms with E-state index in [0.29, 0.717) is 0 Å². The Balaban J connectivity index is 1.92. The zero-order chi connectivity index (χ0) is 13.2. The number of imidazole rings is 1. The summed E-state index contributed by atoms with van der Waals surface area (Å²) in [5, 5.41) is 5.55. The van der Waals surface area contributed by atoms with Crippen molar-refractivity contribution in [2.45, 2.75) is 33.2 Å². The van der Waals surface area contributed by atoms with E-state index in [1.807, 2.05) is 0 Å². The fraction of sp³-hybridized carbons (Fsp3) is 0.643. The molecule has 0 unspecified atom stereocenters. The van der Waals surface area contributed by atoms with Crippen LogP contribution in [-0.2, 0) is 6.54 Å². The number of nitrogens with one attached hydrogen (secondary N) is 1. The van der Waals surface area contributed by atoms with Crippen LogP contribution >= 0.6 is 11.3 Å². The van der Waals surface area contributed by atoms with Crippen molar-refractivity contribution in [3.8, 4) is 0 Å². The molecule has 0 amide bonds. The highest BCUT2D eigenvalue weighted by Crippen LogP contribution is 2.32. The third-order valence-electron chi connectivity index (χ3n) is 3.74. The number of aromatic nitrogens is 2. The first-order valence-corrected chi connectivity index (χ1v) is 8.11. The molecule has 4 nitrogen and oxygen atoms in total. The number of thiazole rings is 1. The molecule has 1 fully saturated rings. The van der Waals surface area contributed by atoms with Gasteiger partial charge < -0.3 is 10.2 Å². The Morgan fingerprint density at radius 3 is 3.00 bits per heavy atom. The number of hydrogen-bond acceptors (Lipinski definition) is 4. The van der Waals surface area contributed by atoms with E-state index in [1.165, 1.54) is 30.9 Å². The van der Waals surface area contributed by atoms with Gasteiger partial charge in [-0.2, -0.15) is 0 Å². The minimum Gasteiger partial charge on any atom is -0.355 e. The van der Waals surface area contributed by atoms with E-state index in [1.54, 1.807) is 11.3 Å². The van der Waals surface area contributed by atoms with E-state index in [0.717, 1.165) is 30.5 Å². The van der Waals surface area contributed by atoms with Crippen LogP contribution < -0.4 is 10.2 Å². The molecule has 1 N–H and O–H groups in total. The van der Waals surface area contributed by atoms with Crippen LogP contribution in [0.4, 0.5) is 5.82 Å². The maximum absolute atomic E-state index is 4.84. The summed E-state index contributed by atoms with van der Waals surface area (Å²) < 4.78 is 2.23. The Hall–Kier alpha value is -1.07. The monoisotopic (exact) mass is 278 g/mol. The van der Waals surface area contributed by atoms with E-state index >= 15 is 0 Å². The van der Waals surface area contributed by atoms with Gasteiger partial charge in [-0.15, -0.1) is 11.3 Å². The molecule has 3 rings (SSSR count). The van der Waals surface area contributed by atoms with Gasteiger partial charge in [-0.3, -0.25) is 4.40 Å². The summed E-state index contributed by atoms with van der Waals surface area (Å²) in [4.78, 5) is 8.40. The minimum absolute atomic E-state index is 0.894. The van der Waals surface area contributed by atoms with Gasteiger partial charge in [0.1, 0.15) is 0 Å². The summed E-state index contributed by atoms with van der Waals surface area (Å²) in [6.45, 7) is 8.47. The molecule has 2 aromatic rings. The number of rotatable bonds is 7. The molecule has 0 bridgehead atoms. The number of anilines is 1. The molecule has 1 aliphatic carbocycles. The van der Waals surface area contributed by atoms with Gasteiger partial charge in [-0.1, -0.05) is 6.92 Å². The van der Waals surface area contributed by atoms with E-state index in [-0.39, 0.29) is 0 Å². The lowest BCUT2D eigenvalue weighted by atomic mass is 10.3. The SMILES string of the molecule is CCNCc1c(N(CC)CC2CC2)nc2sccn12. The Labute approximate surface area is 118 Å². The van der Waals surface area contributed by atoms with Crippen molar-refractivity contribution < 1.29 is 0 Å². The summed E-state index contributed by atoms with van der Waals surface area (Å²) in [5.74, 6) is 2.08. The Kier molecular flexibility index (Phi) is 3.75. The largest absolute Gasteiger partial charge is 0.355 e. The van der Waals surface area contributed by atoms with Gasteiger partial charge in [0.25, 0.3) is 0 Å². The first-order chi connectivity index (χ1) is 9.33. The number of nitrogens with zero attached hydrogens (tertiary/aromatic N) is 3. The van der Waals surface area contributed by atoms with Crippen LogP contribution in [0, 0.1) is 5.92 Å². The van der Waals surface area contributed by atoms with Crippen LogP contribution in [-0.4, -0.2) is 29.0 Å². The second-order valence-corrected chi connectivity index (χ2v) is 6.07. The number of hydrogen-bond donors (Lipinski definition) is 1. The van der Waals surface area contributed by atoms with Gasteiger partial charge in [0.15, 0.2) is 10.8 Å². The second kappa shape index (κ2) is 5.51. The van der Waals surface area contributed by atoms with Crippen LogP contribution in [0.25, 0.3) is 4.96 Å². The van der Waals surface area contributed by atoms with Crippen molar-refractivity contribution in [1.82, 2.24) is 14.7 Å². The Bertz CT molecular complexity index is 541. The zero-order valence-corrected chi connectivity index (χ0v) is 12.5. The van der Waals surface area contributed by atoms with Gasteiger partial charge in [-0.25, -0.2) is 4.98 Å². The Morgan fingerprint density at radius 1 is 1.47 bits per heavy atom. The standard InChI is InChI=1S/C14H22N4S/c1-3-15-9-12-13(16-14-18(12)7-8-19-14)17(4-2)10-11-5-6-11/h7-8,11,15H,3-6,9-10H2,1-2H3. The van der Waals surface area contributed by atoms with Crippen LogP contribution in [0.1, 0.15) is 32.4 Å². The minimum atomic E-state index is 0.894. The maximum atomic E-state index is 4.84. The molecule has 5 heteroatoms. The van der Waals surface area contributed by atoms with E-state index in [2.05, 4.69) is 40.0 Å². The molecule has 2 heterocycles. The van der Waals surface area contributed by atoms with Crippen molar-refractivity contribution in [3.63, 3.8) is 0 Å². The summed E-state index contributed by atoms with van der Waals surface area (Å²) in [6.07, 6.45) is 4.91. The topological polar surface area (TPSA) is 32.6 Å². The molecule has 104 valence electrons. The quantitative estimate of drug-likeness (QED) is 0.845. The third-order valence-corrected chi connectivity index (χ3v) is 4.50. The fourth-order valence-electron chi connectivity index (χ4n) is 2.46. The average Bonchev–Trinajstić information content (AvgIpc) is 3.01. The van der Waals surface area contributed by atoms with Crippen LogP contribution in [0.2, 0.25) is 0 Å². The first-order valence-electron chi connectivity index (χ1n) is 7.23. The average molecular weight is 278 g/mol. The molecule has 2 aromatic heterocycles. The summed E-state index contributed by atoms with van der Waals surface area (Å²) in [6, 6.07) is 0. The lowest BCUT2D eigenvalue weighted by molar-refractivity contribution is 0.688. The van der Waals surface area contributed by atoms with Crippen LogP contribution in [0.3, 0.4) is 0 Å². The number of fused-ring (bicyclic) bond motifs is 1. The molecule has 0 saturated heterocycles. The van der Waals surface area contributed by atoms with Gasteiger partial charge in [0.2, 0.25) is 0 Å². The van der Waals surface area contributed by atoms with E-state index in [9.17, 15) is 0 Å². The van der Waals surface area contributed by atoms with Crippen molar-refractivity contribution in [1.29, 1.82) is 0 Å². The highest BCUT2D eigenvalue weighted by atomic mass is 32.1. The predicted octanol–water partition coefficient (Wildman–Crippen LogP) is 2.74. The van der Waals surface area contributed by atoms with Crippen molar-refractivity contribution in [3.05, 3.63) is 17.3 Å². The second-order valence-electron chi connectivity index (χ2n) is 5.20. The third kappa shape index (κ3) is 2.62. The lowest BCUT2D eigenvalue weighted by Gasteiger charge is -2.22. The molecule has 19 heavy (non-hydrogen) atoms. The van der Waals surface area contributed by atoms with Crippen LogP contribution in [0.5, 0.6) is 0 Å². The lowest BCUT2D eigenvalue weighted by Crippen LogP contribution is -2.27. The van der Waals surface area contributed by atoms with Crippen molar-refractivity contribution >= 4 is 22.1 Å². The molecule has 0 aromatic carbocycles. The van der Waals surface area contributed by atoms with E-state index in [4.69, 9.17) is 4.98 Å². The molecular weight excluding hydrogens is 256 g/mol. The van der Waals surface area contributed by atoms with Gasteiger partial charge >= 0.3 is 0 Å². The van der Waals surface area contributed by atoms with Gasteiger partial charge in [0.05, 0.1) is 5.69 Å². The molecule has 0 aliphatic heterocycles. The summed E-state index contributed by atoms with van der Waals surface area (Å²) in [5.41, 5.74) is 1.31. The molecular formula is C14H22N4S. The summed E-state index contributed by atoms with van der Waals surface area (Å²) in [7, 11) is 0. The molecule has 1 aliphatic rings. The maximum Gasteiger partial charge on any atom is 0.195 e. The van der Waals surface area contributed by atoms with Crippen molar-refractivity contribution in [2.75, 3.05) is 24.5 Å². The highest BCUT2D eigenvalue weighted by Gasteiger charge is 2.26. The van der Waals surface area contributed by atoms with Gasteiger partial charge in [0, 0.05) is 31.2 Å². The highest BCUT2D eigenvalue weighted by molar-refractivity contribution is 7.15. The molecule has 0 spiro atoms. The van der Waals surface area contributed by atoms with Gasteiger partial charge in [-0.05, 0) is 32.2 Å². The zero-order valence-electron chi connectivity index (χ0n) is 11.7. The Morgan fingerprint density at radius 2 is 2.32 bits per heavy atom.